The minimum absolute atomic E-state index is 0.166. The molecule has 0 bridgehead atoms. The van der Waals surface area contributed by atoms with Crippen LogP contribution >= 0.6 is 11.6 Å². The van der Waals surface area contributed by atoms with Crippen LogP contribution in [-0.2, 0) is 11.2 Å². The molecule has 0 aromatic heterocycles. The molecule has 0 unspecified atom stereocenters. The Balaban J connectivity index is 2.48. The maximum Gasteiger partial charge on any atom is 0.231 e. The first kappa shape index (κ1) is 8.57. The Morgan fingerprint density at radius 3 is 3.00 bits per heavy atom. The number of carbonyl (C=O) groups excluding carboxylic acids is 1. The minimum atomic E-state index is 0.166. The van der Waals surface area contributed by atoms with E-state index in [4.69, 9.17) is 11.6 Å². The smallest absolute Gasteiger partial charge is 0.231 e. The largest absolute Gasteiger partial charge is 0.312 e. The third-order valence-corrected chi connectivity index (χ3v) is 2.53. The van der Waals surface area contributed by atoms with Gasteiger partial charge in [-0.2, -0.15) is 0 Å². The first-order valence-electron chi connectivity index (χ1n) is 4.31. The third kappa shape index (κ3) is 1.31. The number of anilines is 1. The summed E-state index contributed by atoms with van der Waals surface area (Å²) in [6.07, 6.45) is 0.490. The number of nitrogens with zero attached hydrogens (tertiary/aromatic N) is 1. The van der Waals surface area contributed by atoms with E-state index in [9.17, 15) is 4.79 Å². The van der Waals surface area contributed by atoms with Gasteiger partial charge in [0.2, 0.25) is 5.91 Å². The number of likely N-dealkylation sites (N-methyl/N-ethyl adjacent to an activating group) is 1. The van der Waals surface area contributed by atoms with Crippen LogP contribution in [0.2, 0.25) is 5.02 Å². The fraction of sp³-hybridized carbons (Fsp3) is 0.300. The molecule has 68 valence electrons. The summed E-state index contributed by atoms with van der Waals surface area (Å²) in [4.78, 5) is 13.2. The monoisotopic (exact) mass is 195 g/mol. The zero-order valence-corrected chi connectivity index (χ0v) is 8.14. The van der Waals surface area contributed by atoms with Crippen LogP contribution in [-0.4, -0.2) is 12.5 Å². The van der Waals surface area contributed by atoms with E-state index >= 15 is 0 Å². The van der Waals surface area contributed by atoms with Gasteiger partial charge in [0, 0.05) is 17.3 Å². The van der Waals surface area contributed by atoms with Crippen LogP contribution in [0.4, 0.5) is 5.69 Å². The topological polar surface area (TPSA) is 20.3 Å². The summed E-state index contributed by atoms with van der Waals surface area (Å²) in [5.41, 5.74) is 2.05. The molecular formula is C10H10ClNO. The van der Waals surface area contributed by atoms with Gasteiger partial charge in [0.05, 0.1) is 6.42 Å². The van der Waals surface area contributed by atoms with Crippen molar-refractivity contribution in [1.82, 2.24) is 0 Å². The van der Waals surface area contributed by atoms with Gasteiger partial charge in [0.25, 0.3) is 0 Å². The van der Waals surface area contributed by atoms with Gasteiger partial charge < -0.3 is 4.90 Å². The minimum Gasteiger partial charge on any atom is -0.312 e. The fourth-order valence-electron chi connectivity index (χ4n) is 1.70. The Bertz CT molecular complexity index is 362. The lowest BCUT2D eigenvalue weighted by Crippen LogP contribution is -2.25. The van der Waals surface area contributed by atoms with E-state index in [1.165, 1.54) is 0 Å². The summed E-state index contributed by atoms with van der Waals surface area (Å²) in [7, 11) is 0. The van der Waals surface area contributed by atoms with Gasteiger partial charge in [0.15, 0.2) is 0 Å². The molecule has 13 heavy (non-hydrogen) atoms. The van der Waals surface area contributed by atoms with Crippen LogP contribution in [0.15, 0.2) is 18.2 Å². The SMILES string of the molecule is CCN1C(=O)Cc2cc(Cl)ccc21. The lowest BCUT2D eigenvalue weighted by Gasteiger charge is -2.13. The molecule has 0 radical (unpaired) electrons. The van der Waals surface area contributed by atoms with E-state index < -0.39 is 0 Å². The Kier molecular flexibility index (Phi) is 2.00. The second-order valence-corrected chi connectivity index (χ2v) is 3.52. The second kappa shape index (κ2) is 3.04. The average Bonchev–Trinajstić information content (AvgIpc) is 2.39. The molecule has 1 heterocycles. The van der Waals surface area contributed by atoms with Crippen molar-refractivity contribution in [3.63, 3.8) is 0 Å². The lowest BCUT2D eigenvalue weighted by atomic mass is 10.2. The number of hydrogen-bond acceptors (Lipinski definition) is 1. The van der Waals surface area contributed by atoms with E-state index in [1.54, 1.807) is 4.90 Å². The van der Waals surface area contributed by atoms with Crippen LogP contribution in [0.5, 0.6) is 0 Å². The lowest BCUT2D eigenvalue weighted by molar-refractivity contribution is -0.117. The van der Waals surface area contributed by atoms with Gasteiger partial charge in [-0.25, -0.2) is 0 Å². The highest BCUT2D eigenvalue weighted by Crippen LogP contribution is 2.30. The number of hydrogen-bond donors (Lipinski definition) is 0. The van der Waals surface area contributed by atoms with Gasteiger partial charge >= 0.3 is 0 Å². The maximum absolute atomic E-state index is 11.5. The van der Waals surface area contributed by atoms with Crippen molar-refractivity contribution in [2.75, 3.05) is 11.4 Å². The summed E-state index contributed by atoms with van der Waals surface area (Å²) in [5.74, 6) is 0.166. The highest BCUT2D eigenvalue weighted by atomic mass is 35.5. The summed E-state index contributed by atoms with van der Waals surface area (Å²) >= 11 is 5.83. The molecule has 1 aliphatic heterocycles. The number of fused-ring (bicyclic) bond motifs is 1. The zero-order chi connectivity index (χ0) is 9.42. The molecule has 2 rings (SSSR count). The van der Waals surface area contributed by atoms with Crippen LogP contribution in [0.25, 0.3) is 0 Å². The Morgan fingerprint density at radius 1 is 1.54 bits per heavy atom. The first-order valence-corrected chi connectivity index (χ1v) is 4.69. The first-order chi connectivity index (χ1) is 6.22. The van der Waals surface area contributed by atoms with Crippen LogP contribution in [0, 0.1) is 0 Å². The van der Waals surface area contributed by atoms with Crippen LogP contribution in [0.1, 0.15) is 12.5 Å². The third-order valence-electron chi connectivity index (χ3n) is 2.29. The van der Waals surface area contributed by atoms with Crippen molar-refractivity contribution in [2.45, 2.75) is 13.3 Å². The highest BCUT2D eigenvalue weighted by molar-refractivity contribution is 6.30. The number of carbonyl (C=O) groups is 1. The fourth-order valence-corrected chi connectivity index (χ4v) is 1.89. The molecule has 3 heteroatoms. The van der Waals surface area contributed by atoms with E-state index in [-0.39, 0.29) is 5.91 Å². The van der Waals surface area contributed by atoms with Gasteiger partial charge in [-0.15, -0.1) is 0 Å². The summed E-state index contributed by atoms with van der Waals surface area (Å²) in [6, 6.07) is 5.60. The van der Waals surface area contributed by atoms with Crippen LogP contribution < -0.4 is 4.90 Å². The summed E-state index contributed by atoms with van der Waals surface area (Å²) < 4.78 is 0. The molecule has 1 aromatic rings. The van der Waals surface area contributed by atoms with Crippen LogP contribution in [0.3, 0.4) is 0 Å². The van der Waals surface area contributed by atoms with Gasteiger partial charge in [-0.3, -0.25) is 4.79 Å². The Labute approximate surface area is 82.1 Å². The Morgan fingerprint density at radius 2 is 2.31 bits per heavy atom. The quantitative estimate of drug-likeness (QED) is 0.673. The predicted molar refractivity (Wildman–Crippen MR) is 53.2 cm³/mol. The number of amides is 1. The number of rotatable bonds is 1. The van der Waals surface area contributed by atoms with Crippen molar-refractivity contribution in [3.8, 4) is 0 Å². The predicted octanol–water partition coefficient (Wildman–Crippen LogP) is 2.25. The second-order valence-electron chi connectivity index (χ2n) is 3.09. The van der Waals surface area contributed by atoms with Crippen molar-refractivity contribution >= 4 is 23.2 Å². The normalized spacial score (nSPS) is 14.9. The molecule has 0 aliphatic carbocycles. The van der Waals surface area contributed by atoms with E-state index in [1.807, 2.05) is 25.1 Å². The van der Waals surface area contributed by atoms with Crippen molar-refractivity contribution in [2.24, 2.45) is 0 Å². The molecule has 2 nitrogen and oxygen atoms in total. The molecule has 0 N–H and O–H groups in total. The van der Waals surface area contributed by atoms with E-state index in [0.29, 0.717) is 11.4 Å². The zero-order valence-electron chi connectivity index (χ0n) is 7.38. The van der Waals surface area contributed by atoms with Gasteiger partial charge in [0.1, 0.15) is 0 Å². The molecular weight excluding hydrogens is 186 g/mol. The molecule has 0 fully saturated rings. The summed E-state index contributed by atoms with van der Waals surface area (Å²) in [6.45, 7) is 2.70. The summed E-state index contributed by atoms with van der Waals surface area (Å²) in [5, 5.41) is 0.699. The standard InChI is InChI=1S/C10H10ClNO/c1-2-12-9-4-3-8(11)5-7(9)6-10(12)13/h3-5H,2,6H2,1H3. The number of benzene rings is 1. The maximum atomic E-state index is 11.5. The highest BCUT2D eigenvalue weighted by Gasteiger charge is 2.25. The van der Waals surface area contributed by atoms with E-state index in [0.717, 1.165) is 17.8 Å². The van der Waals surface area contributed by atoms with Crippen molar-refractivity contribution in [3.05, 3.63) is 28.8 Å². The average molecular weight is 196 g/mol. The van der Waals surface area contributed by atoms with Gasteiger partial charge in [-0.1, -0.05) is 11.6 Å². The molecule has 1 aliphatic rings. The molecule has 0 saturated heterocycles. The van der Waals surface area contributed by atoms with E-state index in [2.05, 4.69) is 0 Å². The molecule has 0 spiro atoms. The molecule has 0 saturated carbocycles. The Hall–Kier alpha value is -1.02. The van der Waals surface area contributed by atoms with Crippen molar-refractivity contribution in [1.29, 1.82) is 0 Å². The molecule has 1 amide bonds. The van der Waals surface area contributed by atoms with Crippen molar-refractivity contribution < 1.29 is 4.79 Å². The number of halogens is 1. The molecule has 1 aromatic carbocycles. The molecule has 0 atom stereocenters. The van der Waals surface area contributed by atoms with Gasteiger partial charge in [-0.05, 0) is 30.7 Å².